The topological polar surface area (TPSA) is 18.5 Å². The van der Waals surface area contributed by atoms with Gasteiger partial charge in [0.2, 0.25) is 0 Å². The summed E-state index contributed by atoms with van der Waals surface area (Å²) in [5.41, 5.74) is 0.655. The third-order valence-corrected chi connectivity index (χ3v) is 10.6. The minimum Gasteiger partial charge on any atom is -0.488 e. The molecule has 0 atom stereocenters. The van der Waals surface area contributed by atoms with Crippen LogP contribution in [0.2, 0.25) is 19.6 Å². The molecule has 0 amide bonds. The summed E-state index contributed by atoms with van der Waals surface area (Å²) in [4.78, 5) is 0.850. The van der Waals surface area contributed by atoms with E-state index < -0.39 is 19.7 Å². The van der Waals surface area contributed by atoms with Crippen LogP contribution in [0.5, 0.6) is 11.5 Å². The van der Waals surface area contributed by atoms with Crippen molar-refractivity contribution in [2.24, 2.45) is 5.41 Å². The van der Waals surface area contributed by atoms with Gasteiger partial charge in [-0.15, -0.1) is 11.3 Å². The van der Waals surface area contributed by atoms with Crippen LogP contribution in [0.25, 0.3) is 10.4 Å². The van der Waals surface area contributed by atoms with Crippen molar-refractivity contribution in [2.75, 3.05) is 13.2 Å². The Morgan fingerprint density at radius 2 is 1.53 bits per heavy atom. The first-order valence-corrected chi connectivity index (χ1v) is 15.4. The van der Waals surface area contributed by atoms with Crippen LogP contribution in [-0.2, 0) is 0 Å². The van der Waals surface area contributed by atoms with Crippen LogP contribution in [0.3, 0.4) is 0 Å². The van der Waals surface area contributed by atoms with Gasteiger partial charge in [0.25, 0.3) is 0 Å². The number of hydrogen-bond acceptors (Lipinski definition) is 3. The smallest absolute Gasteiger partial charge is 0.179 e. The highest BCUT2D eigenvalue weighted by Crippen LogP contribution is 2.48. The molecule has 0 aliphatic carbocycles. The maximum atomic E-state index is 14.0. The Morgan fingerprint density at radius 1 is 0.933 bits per heavy atom. The molecule has 0 unspecified atom stereocenters. The molecule has 1 aromatic heterocycles. The van der Waals surface area contributed by atoms with E-state index in [0.717, 1.165) is 54.9 Å². The van der Waals surface area contributed by atoms with Crippen LogP contribution in [0.15, 0.2) is 18.2 Å². The van der Waals surface area contributed by atoms with Crippen LogP contribution in [0.1, 0.15) is 52.4 Å². The van der Waals surface area contributed by atoms with Crippen LogP contribution in [-0.4, -0.2) is 21.3 Å². The number of unbranched alkanes of at least 4 members (excludes halogenated alkanes) is 2. The van der Waals surface area contributed by atoms with Crippen molar-refractivity contribution >= 4 is 23.9 Å². The fourth-order valence-electron chi connectivity index (χ4n) is 3.99. The zero-order valence-electron chi connectivity index (χ0n) is 18.9. The minimum absolute atomic E-state index is 0.00469. The van der Waals surface area contributed by atoms with E-state index >= 15 is 0 Å². The van der Waals surface area contributed by atoms with Crippen molar-refractivity contribution in [3.8, 4) is 21.9 Å². The number of halogens is 2. The lowest BCUT2D eigenvalue weighted by Crippen LogP contribution is -2.37. The monoisotopic (exact) mass is 452 g/mol. The number of fused-ring (bicyclic) bond motifs is 1. The molecular weight excluding hydrogens is 418 g/mol. The predicted octanol–water partition coefficient (Wildman–Crippen LogP) is 7.38. The molecule has 2 aromatic rings. The highest BCUT2D eigenvalue weighted by molar-refractivity contribution is 7.29. The molecule has 3 rings (SSSR count). The van der Waals surface area contributed by atoms with Gasteiger partial charge >= 0.3 is 0 Å². The molecule has 0 bridgehead atoms. The fraction of sp³-hybridized carbons (Fsp3) is 0.583. The second kappa shape index (κ2) is 9.39. The molecule has 1 aliphatic heterocycles. The number of benzene rings is 1. The Bertz CT molecular complexity index is 865. The Labute approximate surface area is 184 Å². The summed E-state index contributed by atoms with van der Waals surface area (Å²) in [6, 6.07) is 4.09. The molecule has 1 aromatic carbocycles. The maximum absolute atomic E-state index is 14.0. The molecule has 2 heterocycles. The summed E-state index contributed by atoms with van der Waals surface area (Å²) >= 11 is 1.62. The van der Waals surface area contributed by atoms with Gasteiger partial charge in [0, 0.05) is 9.92 Å². The number of hydrogen-bond donors (Lipinski definition) is 0. The quantitative estimate of drug-likeness (QED) is 0.389. The lowest BCUT2D eigenvalue weighted by Gasteiger charge is -2.31. The summed E-state index contributed by atoms with van der Waals surface area (Å²) in [6.07, 6.45) is 6.77. The molecular formula is C24H34F2O2SSi. The average molecular weight is 453 g/mol. The molecule has 0 spiro atoms. The van der Waals surface area contributed by atoms with E-state index in [4.69, 9.17) is 9.47 Å². The molecule has 0 radical (unpaired) electrons. The van der Waals surface area contributed by atoms with E-state index in [2.05, 4.69) is 33.5 Å². The zero-order valence-corrected chi connectivity index (χ0v) is 20.7. The Morgan fingerprint density at radius 3 is 2.07 bits per heavy atom. The molecule has 166 valence electrons. The molecule has 0 saturated heterocycles. The van der Waals surface area contributed by atoms with Crippen molar-refractivity contribution in [2.45, 2.75) is 72.0 Å². The van der Waals surface area contributed by atoms with Crippen LogP contribution >= 0.6 is 11.3 Å². The molecule has 6 heteroatoms. The number of ether oxygens (including phenoxy) is 2. The highest BCUT2D eigenvalue weighted by atomic mass is 32.1. The Kier molecular flexibility index (Phi) is 7.28. The van der Waals surface area contributed by atoms with Gasteiger partial charge < -0.3 is 9.47 Å². The number of rotatable bonds is 8. The molecule has 1 aliphatic rings. The van der Waals surface area contributed by atoms with E-state index in [1.54, 1.807) is 17.4 Å². The summed E-state index contributed by atoms with van der Waals surface area (Å²) in [7, 11) is -1.72. The van der Waals surface area contributed by atoms with E-state index in [9.17, 15) is 8.78 Å². The first kappa shape index (κ1) is 23.3. The molecule has 2 nitrogen and oxygen atoms in total. The van der Waals surface area contributed by atoms with Gasteiger partial charge in [-0.05, 0) is 30.5 Å². The van der Waals surface area contributed by atoms with Crippen LogP contribution in [0.4, 0.5) is 8.78 Å². The zero-order chi connectivity index (χ0) is 21.9. The number of thiophene rings is 1. The van der Waals surface area contributed by atoms with Gasteiger partial charge in [0.15, 0.2) is 23.1 Å². The van der Waals surface area contributed by atoms with Gasteiger partial charge in [-0.25, -0.2) is 8.78 Å². The van der Waals surface area contributed by atoms with Gasteiger partial charge in [-0.2, -0.15) is 0 Å². The predicted molar refractivity (Wildman–Crippen MR) is 125 cm³/mol. The average Bonchev–Trinajstić information content (AvgIpc) is 2.98. The van der Waals surface area contributed by atoms with E-state index in [0.29, 0.717) is 18.8 Å². The third-order valence-electron chi connectivity index (χ3n) is 5.85. The van der Waals surface area contributed by atoms with Crippen LogP contribution < -0.4 is 14.0 Å². The summed E-state index contributed by atoms with van der Waals surface area (Å²) in [5, 5.41) is 0. The van der Waals surface area contributed by atoms with Crippen LogP contribution in [0, 0.1) is 17.0 Å². The Hall–Kier alpha value is -1.40. The minimum atomic E-state index is -1.72. The molecule has 0 saturated carbocycles. The van der Waals surface area contributed by atoms with Crippen molar-refractivity contribution in [1.82, 2.24) is 0 Å². The van der Waals surface area contributed by atoms with Crippen molar-refractivity contribution in [1.29, 1.82) is 0 Å². The van der Waals surface area contributed by atoms with Crippen molar-refractivity contribution in [3.05, 3.63) is 29.8 Å². The summed E-state index contributed by atoms with van der Waals surface area (Å²) < 4.78 is 41.7. The van der Waals surface area contributed by atoms with E-state index in [-0.39, 0.29) is 5.41 Å². The second-order valence-corrected chi connectivity index (χ2v) is 16.0. The molecule has 30 heavy (non-hydrogen) atoms. The maximum Gasteiger partial charge on any atom is 0.179 e. The largest absolute Gasteiger partial charge is 0.488 e. The summed E-state index contributed by atoms with van der Waals surface area (Å²) in [5.74, 6) is -0.104. The lowest BCUT2D eigenvalue weighted by molar-refractivity contribution is 0.0797. The normalized spacial score (nSPS) is 15.8. The first-order chi connectivity index (χ1) is 14.2. The fourth-order valence-corrected chi connectivity index (χ4v) is 7.33. The second-order valence-electron chi connectivity index (χ2n) is 9.58. The van der Waals surface area contributed by atoms with E-state index in [1.165, 1.54) is 16.6 Å². The third kappa shape index (κ3) is 4.91. The Balaban J connectivity index is 2.04. The first-order valence-electron chi connectivity index (χ1n) is 11.1. The van der Waals surface area contributed by atoms with Gasteiger partial charge in [0.05, 0.1) is 26.2 Å². The standard InChI is InChI=1S/C24H34F2O2SSi/c1-6-8-12-24(13-9-7-2)15-27-20-21(28-16-24)23(30(3,4)5)29-22(20)17-10-11-18(25)19(26)14-17/h10-11,14H,6-9,12-13,15-16H2,1-5H3. The van der Waals surface area contributed by atoms with Gasteiger partial charge in [-0.3, -0.25) is 0 Å². The SMILES string of the molecule is CCCCC1(CCCC)COc2c(-c3ccc(F)c(F)c3)sc([Si](C)(C)C)c2OC1. The molecule has 0 fully saturated rings. The lowest BCUT2D eigenvalue weighted by atomic mass is 9.79. The van der Waals surface area contributed by atoms with Crippen molar-refractivity contribution in [3.63, 3.8) is 0 Å². The van der Waals surface area contributed by atoms with Gasteiger partial charge in [-0.1, -0.05) is 65.2 Å². The van der Waals surface area contributed by atoms with Gasteiger partial charge in [0.1, 0.15) is 0 Å². The van der Waals surface area contributed by atoms with Crippen molar-refractivity contribution < 1.29 is 18.3 Å². The highest BCUT2D eigenvalue weighted by Gasteiger charge is 2.39. The summed E-state index contributed by atoms with van der Waals surface area (Å²) in [6.45, 7) is 12.5. The van der Waals surface area contributed by atoms with E-state index in [1.807, 2.05) is 0 Å². The molecule has 0 N–H and O–H groups in total.